The maximum absolute atomic E-state index is 4.27. The summed E-state index contributed by atoms with van der Waals surface area (Å²) in [7, 11) is 0. The second kappa shape index (κ2) is 3.28. The van der Waals surface area contributed by atoms with Crippen LogP contribution in [-0.4, -0.2) is 18.4 Å². The van der Waals surface area contributed by atoms with Gasteiger partial charge in [-0.2, -0.15) is 0 Å². The van der Waals surface area contributed by atoms with Crippen LogP contribution in [0.1, 0.15) is 11.1 Å². The van der Waals surface area contributed by atoms with E-state index in [4.69, 9.17) is 0 Å². The molecule has 1 aromatic rings. The fraction of sp³-hybridized carbons (Fsp3) is 0.364. The third-order valence-corrected chi connectivity index (χ3v) is 3.03. The molecule has 1 aliphatic carbocycles. The van der Waals surface area contributed by atoms with Gasteiger partial charge in [0.2, 0.25) is 0 Å². The van der Waals surface area contributed by atoms with Gasteiger partial charge in [0.1, 0.15) is 0 Å². The Kier molecular flexibility index (Phi) is 2.23. The van der Waals surface area contributed by atoms with Gasteiger partial charge in [0.05, 0.1) is 18.4 Å². The van der Waals surface area contributed by atoms with Gasteiger partial charge in [-0.25, -0.2) is 0 Å². The van der Waals surface area contributed by atoms with Crippen LogP contribution in [0, 0.1) is 0 Å². The Labute approximate surface area is 89.8 Å². The molecular weight excluding hydrogens is 196 g/mol. The first-order valence-electron chi connectivity index (χ1n) is 4.71. The van der Waals surface area contributed by atoms with Crippen molar-refractivity contribution in [2.75, 3.05) is 6.54 Å². The number of rotatable bonds is 0. The van der Waals surface area contributed by atoms with Crippen molar-refractivity contribution < 1.29 is 0 Å². The summed E-state index contributed by atoms with van der Waals surface area (Å²) < 4.78 is 0. The van der Waals surface area contributed by atoms with Crippen LogP contribution in [0.2, 0.25) is 0 Å². The van der Waals surface area contributed by atoms with Crippen molar-refractivity contribution in [2.45, 2.75) is 18.4 Å². The minimum Gasteiger partial charge on any atom is -0.368 e. The van der Waals surface area contributed by atoms with Gasteiger partial charge in [0.15, 0.2) is 0 Å². The molecular formula is C11H13ClN2. The lowest BCUT2D eigenvalue weighted by Crippen LogP contribution is -2.43. The lowest BCUT2D eigenvalue weighted by Gasteiger charge is -2.21. The quantitative estimate of drug-likeness (QED) is 0.688. The molecule has 0 fully saturated rings. The minimum atomic E-state index is 0. The maximum Gasteiger partial charge on any atom is 0.0830 e. The van der Waals surface area contributed by atoms with Crippen molar-refractivity contribution in [1.29, 1.82) is 0 Å². The summed E-state index contributed by atoms with van der Waals surface area (Å²) in [5.41, 5.74) is 3.20. The van der Waals surface area contributed by atoms with Crippen molar-refractivity contribution in [1.82, 2.24) is 5.32 Å². The van der Waals surface area contributed by atoms with Crippen molar-refractivity contribution in [3.8, 4) is 0 Å². The van der Waals surface area contributed by atoms with E-state index in [9.17, 15) is 0 Å². The fourth-order valence-corrected chi connectivity index (χ4v) is 2.36. The van der Waals surface area contributed by atoms with Gasteiger partial charge in [-0.1, -0.05) is 24.3 Å². The predicted octanol–water partition coefficient (Wildman–Crippen LogP) is 1.58. The normalized spacial score (nSPS) is 20.3. The molecule has 74 valence electrons. The third-order valence-electron chi connectivity index (χ3n) is 3.03. The lowest BCUT2D eigenvalue weighted by molar-refractivity contribution is 0.439. The van der Waals surface area contributed by atoms with Crippen LogP contribution in [0.4, 0.5) is 0 Å². The fourth-order valence-electron chi connectivity index (χ4n) is 2.36. The molecule has 0 bridgehead atoms. The topological polar surface area (TPSA) is 24.4 Å². The van der Waals surface area contributed by atoms with Gasteiger partial charge < -0.3 is 5.32 Å². The Bertz CT molecular complexity index is 338. The standard InChI is InChI=1S/C11H12N2.ClH/c1-2-4-10-6-11(5-9(10)3-1)7-12-8-13-11;/h1-4,8H,5-7H2,(H,12,13);1H. The molecule has 2 nitrogen and oxygen atoms in total. The van der Waals surface area contributed by atoms with E-state index < -0.39 is 0 Å². The SMILES string of the molecule is C1=NCC2(Cc3ccccc3C2)N1.Cl. The Morgan fingerprint density at radius 3 is 2.29 bits per heavy atom. The molecule has 3 heteroatoms. The molecule has 0 aromatic heterocycles. The molecule has 3 rings (SSSR count). The largest absolute Gasteiger partial charge is 0.368 e. The molecule has 1 spiro atoms. The molecule has 0 radical (unpaired) electrons. The van der Waals surface area contributed by atoms with E-state index in [0.717, 1.165) is 19.4 Å². The number of nitrogens with one attached hydrogen (secondary N) is 1. The highest BCUT2D eigenvalue weighted by atomic mass is 35.5. The Balaban J connectivity index is 0.000000750. The molecule has 0 amide bonds. The molecule has 0 unspecified atom stereocenters. The summed E-state index contributed by atoms with van der Waals surface area (Å²) in [6.45, 7) is 0.932. The summed E-state index contributed by atoms with van der Waals surface area (Å²) in [6.07, 6.45) is 4.11. The first-order chi connectivity index (χ1) is 6.38. The van der Waals surface area contributed by atoms with Crippen molar-refractivity contribution in [3.05, 3.63) is 35.4 Å². The highest BCUT2D eigenvalue weighted by Gasteiger charge is 2.37. The number of hydrogen-bond donors (Lipinski definition) is 1. The van der Waals surface area contributed by atoms with Gasteiger partial charge in [-0.05, 0) is 24.0 Å². The van der Waals surface area contributed by atoms with Crippen molar-refractivity contribution >= 4 is 18.7 Å². The number of fused-ring (bicyclic) bond motifs is 1. The van der Waals surface area contributed by atoms with Crippen LogP contribution in [-0.2, 0) is 12.8 Å². The average molecular weight is 209 g/mol. The highest BCUT2D eigenvalue weighted by molar-refractivity contribution is 5.85. The Morgan fingerprint density at radius 2 is 1.79 bits per heavy atom. The van der Waals surface area contributed by atoms with Gasteiger partial charge in [0.25, 0.3) is 0 Å². The lowest BCUT2D eigenvalue weighted by atomic mass is 9.97. The van der Waals surface area contributed by atoms with Crippen LogP contribution in [0.15, 0.2) is 29.3 Å². The van der Waals surface area contributed by atoms with E-state index in [-0.39, 0.29) is 17.9 Å². The van der Waals surface area contributed by atoms with Crippen LogP contribution in [0.3, 0.4) is 0 Å². The third kappa shape index (κ3) is 1.30. The first-order valence-corrected chi connectivity index (χ1v) is 4.71. The van der Waals surface area contributed by atoms with E-state index in [1.54, 1.807) is 0 Å². The molecule has 1 N–H and O–H groups in total. The van der Waals surface area contributed by atoms with E-state index in [0.29, 0.717) is 0 Å². The van der Waals surface area contributed by atoms with Crippen LogP contribution in [0.25, 0.3) is 0 Å². The van der Waals surface area contributed by atoms with Gasteiger partial charge in [-0.3, -0.25) is 4.99 Å². The zero-order valence-electron chi connectivity index (χ0n) is 7.86. The van der Waals surface area contributed by atoms with Gasteiger partial charge >= 0.3 is 0 Å². The van der Waals surface area contributed by atoms with E-state index >= 15 is 0 Å². The number of benzene rings is 1. The van der Waals surface area contributed by atoms with Crippen LogP contribution in [0.5, 0.6) is 0 Å². The average Bonchev–Trinajstić information content (AvgIpc) is 2.72. The van der Waals surface area contributed by atoms with Gasteiger partial charge in [0, 0.05) is 0 Å². The summed E-state index contributed by atoms with van der Waals surface area (Å²) in [5, 5.41) is 3.39. The number of hydrogen-bond acceptors (Lipinski definition) is 2. The molecule has 0 saturated carbocycles. The minimum absolute atomic E-state index is 0. The second-order valence-electron chi connectivity index (χ2n) is 4.02. The number of halogens is 1. The monoisotopic (exact) mass is 208 g/mol. The molecule has 14 heavy (non-hydrogen) atoms. The zero-order valence-corrected chi connectivity index (χ0v) is 8.68. The maximum atomic E-state index is 4.27. The molecule has 1 aromatic carbocycles. The van der Waals surface area contributed by atoms with E-state index in [1.807, 2.05) is 6.34 Å². The Morgan fingerprint density at radius 1 is 1.14 bits per heavy atom. The van der Waals surface area contributed by atoms with Gasteiger partial charge in [-0.15, -0.1) is 12.4 Å². The summed E-state index contributed by atoms with van der Waals surface area (Å²) in [6, 6.07) is 8.69. The number of aliphatic imine (C=N–C) groups is 1. The van der Waals surface area contributed by atoms with Crippen LogP contribution >= 0.6 is 12.4 Å². The van der Waals surface area contributed by atoms with Crippen molar-refractivity contribution in [2.24, 2.45) is 4.99 Å². The summed E-state index contributed by atoms with van der Waals surface area (Å²) in [4.78, 5) is 4.27. The van der Waals surface area contributed by atoms with Crippen molar-refractivity contribution in [3.63, 3.8) is 0 Å². The summed E-state index contributed by atoms with van der Waals surface area (Å²) >= 11 is 0. The smallest absolute Gasteiger partial charge is 0.0830 e. The summed E-state index contributed by atoms with van der Waals surface area (Å²) in [5.74, 6) is 0. The molecule has 2 aliphatic rings. The zero-order chi connectivity index (χ0) is 8.73. The molecule has 0 saturated heterocycles. The molecule has 0 atom stereocenters. The second-order valence-corrected chi connectivity index (χ2v) is 4.02. The number of nitrogens with zero attached hydrogens (tertiary/aromatic N) is 1. The molecule has 1 aliphatic heterocycles. The predicted molar refractivity (Wildman–Crippen MR) is 60.3 cm³/mol. The van der Waals surface area contributed by atoms with Crippen LogP contribution < -0.4 is 5.32 Å². The highest BCUT2D eigenvalue weighted by Crippen LogP contribution is 2.31. The Hall–Kier alpha value is -1.02. The van der Waals surface area contributed by atoms with E-state index in [2.05, 4.69) is 34.6 Å². The molecule has 1 heterocycles. The first kappa shape index (κ1) is 9.53. The van der Waals surface area contributed by atoms with E-state index in [1.165, 1.54) is 11.1 Å².